The molecular formula is C22H32F3N3O5. The number of aliphatic carboxylic acids is 1. The molecule has 0 aromatic heterocycles. The molecule has 1 heterocycles. The van der Waals surface area contributed by atoms with Gasteiger partial charge in [-0.2, -0.15) is 13.2 Å². The van der Waals surface area contributed by atoms with Crippen LogP contribution in [-0.2, 0) is 9.59 Å². The van der Waals surface area contributed by atoms with Gasteiger partial charge in [0.1, 0.15) is 5.75 Å². The van der Waals surface area contributed by atoms with Crippen LogP contribution >= 0.6 is 0 Å². The smallest absolute Gasteiger partial charge is 0.490 e. The summed E-state index contributed by atoms with van der Waals surface area (Å²) in [6, 6.07) is 7.14. The number of carbonyl (C=O) groups excluding carboxylic acids is 2. The molecule has 11 heteroatoms. The molecule has 186 valence electrons. The van der Waals surface area contributed by atoms with Crippen molar-refractivity contribution in [1.82, 2.24) is 15.1 Å². The van der Waals surface area contributed by atoms with Crippen LogP contribution in [0.4, 0.5) is 13.2 Å². The lowest BCUT2D eigenvalue weighted by molar-refractivity contribution is -0.192. The highest BCUT2D eigenvalue weighted by molar-refractivity contribution is 5.94. The number of carboxylic acid groups (broad SMARTS) is 1. The number of hydrogen-bond acceptors (Lipinski definition) is 5. The number of benzene rings is 1. The van der Waals surface area contributed by atoms with Crippen LogP contribution in [0.1, 0.15) is 37.0 Å². The summed E-state index contributed by atoms with van der Waals surface area (Å²) in [4.78, 5) is 37.9. The van der Waals surface area contributed by atoms with Crippen molar-refractivity contribution in [2.24, 2.45) is 5.92 Å². The monoisotopic (exact) mass is 475 g/mol. The number of methoxy groups -OCH3 is 1. The van der Waals surface area contributed by atoms with Crippen molar-refractivity contribution >= 4 is 17.8 Å². The molecule has 33 heavy (non-hydrogen) atoms. The third-order valence-corrected chi connectivity index (χ3v) is 4.91. The van der Waals surface area contributed by atoms with Crippen LogP contribution < -0.4 is 10.1 Å². The zero-order valence-electron chi connectivity index (χ0n) is 19.2. The van der Waals surface area contributed by atoms with Gasteiger partial charge in [-0.3, -0.25) is 9.59 Å². The molecule has 1 aliphatic rings. The number of amides is 2. The Morgan fingerprint density at radius 1 is 1.12 bits per heavy atom. The van der Waals surface area contributed by atoms with Gasteiger partial charge >= 0.3 is 12.1 Å². The number of carbonyl (C=O) groups is 3. The molecule has 0 spiro atoms. The molecular weight excluding hydrogens is 443 g/mol. The van der Waals surface area contributed by atoms with Crippen LogP contribution in [0.25, 0.3) is 0 Å². The van der Waals surface area contributed by atoms with E-state index in [1.807, 2.05) is 9.80 Å². The standard InChI is InChI=1S/C20H31N3O3.C2HF3O2/c1-16(2)8-12-23(13-9-19(24)22-14-10-21-11-15-22)20(25)17-4-6-18(26-3)7-5-17;3-2(4,5)1(6)7/h4-7,16,21H,8-15H2,1-3H3;(H,6,7). The van der Waals surface area contributed by atoms with Crippen molar-refractivity contribution in [3.05, 3.63) is 29.8 Å². The van der Waals surface area contributed by atoms with Crippen molar-refractivity contribution < 1.29 is 37.4 Å². The SMILES string of the molecule is COc1ccc(C(=O)N(CCC(=O)N2CCNCC2)CCC(C)C)cc1.O=C(O)C(F)(F)F. The number of piperazine rings is 1. The highest BCUT2D eigenvalue weighted by atomic mass is 19.4. The van der Waals surface area contributed by atoms with Gasteiger partial charge in [0.2, 0.25) is 5.91 Å². The van der Waals surface area contributed by atoms with E-state index in [0.29, 0.717) is 31.0 Å². The van der Waals surface area contributed by atoms with E-state index in [1.165, 1.54) is 0 Å². The molecule has 1 saturated heterocycles. The predicted octanol–water partition coefficient (Wildman–Crippen LogP) is 2.64. The van der Waals surface area contributed by atoms with Gasteiger partial charge in [-0.1, -0.05) is 13.8 Å². The van der Waals surface area contributed by atoms with Gasteiger partial charge in [0.15, 0.2) is 0 Å². The second kappa shape index (κ2) is 13.7. The Balaban J connectivity index is 0.000000675. The van der Waals surface area contributed by atoms with E-state index in [0.717, 1.165) is 38.3 Å². The fourth-order valence-corrected chi connectivity index (χ4v) is 2.95. The third-order valence-electron chi connectivity index (χ3n) is 4.91. The minimum Gasteiger partial charge on any atom is -0.497 e. The second-order valence-corrected chi connectivity index (χ2v) is 7.89. The first-order valence-electron chi connectivity index (χ1n) is 10.7. The lowest BCUT2D eigenvalue weighted by Crippen LogP contribution is -2.47. The summed E-state index contributed by atoms with van der Waals surface area (Å²) >= 11 is 0. The number of nitrogens with zero attached hydrogens (tertiary/aromatic N) is 2. The summed E-state index contributed by atoms with van der Waals surface area (Å²) in [6.45, 7) is 8.58. The van der Waals surface area contributed by atoms with Crippen molar-refractivity contribution in [3.8, 4) is 5.75 Å². The Kier molecular flexibility index (Phi) is 11.7. The molecule has 0 atom stereocenters. The van der Waals surface area contributed by atoms with Crippen molar-refractivity contribution in [1.29, 1.82) is 0 Å². The number of ether oxygens (including phenoxy) is 1. The minimum absolute atomic E-state index is 0.0265. The zero-order chi connectivity index (χ0) is 25.0. The first kappa shape index (κ1) is 28.2. The summed E-state index contributed by atoms with van der Waals surface area (Å²) < 4.78 is 36.9. The molecule has 0 aliphatic carbocycles. The van der Waals surface area contributed by atoms with Gasteiger partial charge in [0.05, 0.1) is 7.11 Å². The number of nitrogens with one attached hydrogen (secondary N) is 1. The fourth-order valence-electron chi connectivity index (χ4n) is 2.95. The van der Waals surface area contributed by atoms with Gasteiger partial charge in [-0.05, 0) is 36.6 Å². The molecule has 2 amide bonds. The molecule has 1 aromatic carbocycles. The lowest BCUT2D eigenvalue weighted by atomic mass is 10.1. The van der Waals surface area contributed by atoms with E-state index < -0.39 is 12.1 Å². The lowest BCUT2D eigenvalue weighted by Gasteiger charge is -2.29. The third kappa shape index (κ3) is 10.6. The molecule has 8 nitrogen and oxygen atoms in total. The number of alkyl halides is 3. The maximum Gasteiger partial charge on any atom is 0.490 e. The van der Waals surface area contributed by atoms with Crippen molar-refractivity contribution in [2.45, 2.75) is 32.9 Å². The molecule has 2 N–H and O–H groups in total. The van der Waals surface area contributed by atoms with Crippen LogP contribution in [0, 0.1) is 5.92 Å². The largest absolute Gasteiger partial charge is 0.497 e. The fraction of sp³-hybridized carbons (Fsp3) is 0.591. The average molecular weight is 476 g/mol. The van der Waals surface area contributed by atoms with Crippen molar-refractivity contribution in [2.75, 3.05) is 46.4 Å². The van der Waals surface area contributed by atoms with Crippen LogP contribution in [-0.4, -0.2) is 85.2 Å². The van der Waals surface area contributed by atoms with E-state index >= 15 is 0 Å². The van der Waals surface area contributed by atoms with E-state index in [1.54, 1.807) is 31.4 Å². The Hall–Kier alpha value is -2.82. The number of halogens is 3. The highest BCUT2D eigenvalue weighted by Crippen LogP contribution is 2.15. The van der Waals surface area contributed by atoms with E-state index in [4.69, 9.17) is 14.6 Å². The van der Waals surface area contributed by atoms with Crippen LogP contribution in [0.2, 0.25) is 0 Å². The second-order valence-electron chi connectivity index (χ2n) is 7.89. The quantitative estimate of drug-likeness (QED) is 0.600. The topological polar surface area (TPSA) is 99.2 Å². The average Bonchev–Trinajstić information content (AvgIpc) is 2.78. The Labute approximate surface area is 191 Å². The Morgan fingerprint density at radius 3 is 2.12 bits per heavy atom. The summed E-state index contributed by atoms with van der Waals surface area (Å²) in [5, 5.41) is 10.4. The Bertz CT molecular complexity index is 764. The number of rotatable bonds is 8. The Morgan fingerprint density at radius 2 is 1.67 bits per heavy atom. The molecule has 0 radical (unpaired) electrons. The van der Waals surface area contributed by atoms with Gasteiger partial charge in [0.25, 0.3) is 5.91 Å². The summed E-state index contributed by atoms with van der Waals surface area (Å²) in [5.41, 5.74) is 0.629. The van der Waals surface area contributed by atoms with E-state index in [2.05, 4.69) is 19.2 Å². The van der Waals surface area contributed by atoms with E-state index in [-0.39, 0.29) is 11.8 Å². The van der Waals surface area contributed by atoms with Gasteiger partial charge in [-0.25, -0.2) is 4.79 Å². The number of carboxylic acids is 1. The van der Waals surface area contributed by atoms with Gasteiger partial charge in [0, 0.05) is 51.3 Å². The molecule has 1 fully saturated rings. The van der Waals surface area contributed by atoms with Crippen LogP contribution in [0.5, 0.6) is 5.75 Å². The summed E-state index contributed by atoms with van der Waals surface area (Å²) in [6.07, 6.45) is -3.79. The minimum atomic E-state index is -5.08. The van der Waals surface area contributed by atoms with Gasteiger partial charge in [-0.15, -0.1) is 0 Å². The van der Waals surface area contributed by atoms with E-state index in [9.17, 15) is 22.8 Å². The summed E-state index contributed by atoms with van der Waals surface area (Å²) in [7, 11) is 1.60. The highest BCUT2D eigenvalue weighted by Gasteiger charge is 2.38. The number of hydrogen-bond donors (Lipinski definition) is 2. The normalized spacial score (nSPS) is 13.7. The van der Waals surface area contributed by atoms with Crippen LogP contribution in [0.15, 0.2) is 24.3 Å². The maximum absolute atomic E-state index is 12.9. The molecule has 1 aromatic rings. The molecule has 1 aliphatic heterocycles. The molecule has 2 rings (SSSR count). The molecule has 0 bridgehead atoms. The first-order chi connectivity index (χ1) is 15.5. The predicted molar refractivity (Wildman–Crippen MR) is 116 cm³/mol. The van der Waals surface area contributed by atoms with Crippen LogP contribution in [0.3, 0.4) is 0 Å². The van der Waals surface area contributed by atoms with Crippen molar-refractivity contribution in [3.63, 3.8) is 0 Å². The maximum atomic E-state index is 12.9. The molecule has 0 unspecified atom stereocenters. The molecule has 0 saturated carbocycles. The summed E-state index contributed by atoms with van der Waals surface area (Å²) in [5.74, 6) is -1.42. The first-order valence-corrected chi connectivity index (χ1v) is 10.7. The zero-order valence-corrected chi connectivity index (χ0v) is 19.2. The van der Waals surface area contributed by atoms with Gasteiger partial charge < -0.3 is 25.0 Å².